The van der Waals surface area contributed by atoms with E-state index < -0.39 is 6.43 Å². The molecule has 1 aromatic carbocycles. The van der Waals surface area contributed by atoms with E-state index in [1.165, 1.54) is 0 Å². The zero-order valence-electron chi connectivity index (χ0n) is 10.7. The van der Waals surface area contributed by atoms with E-state index in [1.54, 1.807) is 11.9 Å². The molecule has 0 aliphatic rings. The minimum Gasteiger partial charge on any atom is -0.369 e. The van der Waals surface area contributed by atoms with Crippen molar-refractivity contribution in [3.63, 3.8) is 0 Å². The van der Waals surface area contributed by atoms with Crippen molar-refractivity contribution in [2.24, 2.45) is 0 Å². The van der Waals surface area contributed by atoms with Gasteiger partial charge in [0.25, 0.3) is 6.43 Å². The molecule has 5 heteroatoms. The molecule has 2 nitrogen and oxygen atoms in total. The molecule has 0 aliphatic heterocycles. The average molecular weight is 321 g/mol. The number of halogens is 3. The topological polar surface area (TPSA) is 15.3 Å². The summed E-state index contributed by atoms with van der Waals surface area (Å²) in [4.78, 5) is 1.60. The third-order valence-electron chi connectivity index (χ3n) is 2.61. The van der Waals surface area contributed by atoms with E-state index in [0.717, 1.165) is 28.7 Å². The molecule has 0 aromatic heterocycles. The number of hydrogen-bond donors (Lipinski definition) is 1. The van der Waals surface area contributed by atoms with Gasteiger partial charge in [-0.25, -0.2) is 8.78 Å². The number of anilines is 1. The molecular formula is C13H19BrF2N2. The molecule has 0 bridgehead atoms. The molecule has 0 saturated heterocycles. The molecule has 0 saturated carbocycles. The highest BCUT2D eigenvalue weighted by Crippen LogP contribution is 2.25. The SMILES string of the molecule is CCCNCc1ccc(Br)cc1N(C)CC(F)F. The molecule has 18 heavy (non-hydrogen) atoms. The van der Waals surface area contributed by atoms with Crippen molar-refractivity contribution in [1.82, 2.24) is 5.32 Å². The van der Waals surface area contributed by atoms with Crippen molar-refractivity contribution in [3.8, 4) is 0 Å². The molecule has 1 aromatic rings. The second-order valence-electron chi connectivity index (χ2n) is 4.22. The Hall–Kier alpha value is -0.680. The summed E-state index contributed by atoms with van der Waals surface area (Å²) in [5, 5.41) is 3.29. The third-order valence-corrected chi connectivity index (χ3v) is 3.11. The van der Waals surface area contributed by atoms with Gasteiger partial charge in [0.05, 0.1) is 6.54 Å². The lowest BCUT2D eigenvalue weighted by Crippen LogP contribution is -2.26. The highest BCUT2D eigenvalue weighted by Gasteiger charge is 2.12. The maximum absolute atomic E-state index is 12.4. The number of nitrogens with zero attached hydrogens (tertiary/aromatic N) is 1. The van der Waals surface area contributed by atoms with E-state index in [2.05, 4.69) is 28.2 Å². The van der Waals surface area contributed by atoms with E-state index in [4.69, 9.17) is 0 Å². The normalized spacial score (nSPS) is 11.0. The monoisotopic (exact) mass is 320 g/mol. The minimum atomic E-state index is -2.33. The fourth-order valence-corrected chi connectivity index (χ4v) is 2.10. The van der Waals surface area contributed by atoms with Gasteiger partial charge in [-0.3, -0.25) is 0 Å². The molecule has 0 heterocycles. The first kappa shape index (κ1) is 15.4. The number of nitrogens with one attached hydrogen (secondary N) is 1. The van der Waals surface area contributed by atoms with E-state index in [1.807, 2.05) is 18.2 Å². The van der Waals surface area contributed by atoms with Crippen LogP contribution in [0.2, 0.25) is 0 Å². The molecule has 1 rings (SSSR count). The molecule has 0 atom stereocenters. The Labute approximate surface area is 115 Å². The van der Waals surface area contributed by atoms with Gasteiger partial charge in [-0.05, 0) is 30.7 Å². The number of benzene rings is 1. The predicted octanol–water partition coefficient (Wildman–Crippen LogP) is 3.65. The maximum atomic E-state index is 12.4. The van der Waals surface area contributed by atoms with Crippen molar-refractivity contribution in [3.05, 3.63) is 28.2 Å². The van der Waals surface area contributed by atoms with Crippen LogP contribution in [0.4, 0.5) is 14.5 Å². The van der Waals surface area contributed by atoms with Crippen LogP contribution in [0.15, 0.2) is 22.7 Å². The van der Waals surface area contributed by atoms with Gasteiger partial charge in [-0.2, -0.15) is 0 Å². The highest BCUT2D eigenvalue weighted by molar-refractivity contribution is 9.10. The largest absolute Gasteiger partial charge is 0.369 e. The van der Waals surface area contributed by atoms with Crippen molar-refractivity contribution in [2.75, 3.05) is 25.0 Å². The maximum Gasteiger partial charge on any atom is 0.255 e. The van der Waals surface area contributed by atoms with Crippen LogP contribution in [0.1, 0.15) is 18.9 Å². The van der Waals surface area contributed by atoms with Gasteiger partial charge < -0.3 is 10.2 Å². The molecule has 0 fully saturated rings. The Morgan fingerprint density at radius 1 is 1.39 bits per heavy atom. The number of rotatable bonds is 7. The van der Waals surface area contributed by atoms with Gasteiger partial charge >= 0.3 is 0 Å². The third kappa shape index (κ3) is 4.90. The Morgan fingerprint density at radius 2 is 2.11 bits per heavy atom. The molecule has 0 radical (unpaired) electrons. The Bertz CT molecular complexity index is 372. The Kier molecular flexibility index (Phi) is 6.57. The van der Waals surface area contributed by atoms with Crippen LogP contribution in [0.3, 0.4) is 0 Å². The van der Waals surface area contributed by atoms with Gasteiger partial charge in [0.1, 0.15) is 0 Å². The second kappa shape index (κ2) is 7.69. The first-order valence-corrected chi connectivity index (χ1v) is 6.82. The highest BCUT2D eigenvalue weighted by atomic mass is 79.9. The van der Waals surface area contributed by atoms with Crippen LogP contribution >= 0.6 is 15.9 Å². The van der Waals surface area contributed by atoms with Gasteiger partial charge in [0.2, 0.25) is 0 Å². The molecule has 0 unspecified atom stereocenters. The van der Waals surface area contributed by atoms with E-state index in [9.17, 15) is 8.78 Å². The summed E-state index contributed by atoms with van der Waals surface area (Å²) in [6, 6.07) is 5.78. The van der Waals surface area contributed by atoms with Crippen molar-refractivity contribution in [2.45, 2.75) is 26.3 Å². The van der Waals surface area contributed by atoms with Crippen LogP contribution in [0.25, 0.3) is 0 Å². The number of alkyl halides is 2. The molecule has 0 aliphatic carbocycles. The lowest BCUT2D eigenvalue weighted by atomic mass is 10.1. The molecular weight excluding hydrogens is 302 g/mol. The van der Waals surface area contributed by atoms with Gasteiger partial charge in [-0.1, -0.05) is 28.9 Å². The van der Waals surface area contributed by atoms with Crippen molar-refractivity contribution < 1.29 is 8.78 Å². The zero-order valence-corrected chi connectivity index (χ0v) is 12.3. The van der Waals surface area contributed by atoms with Crippen molar-refractivity contribution >= 4 is 21.6 Å². The minimum absolute atomic E-state index is 0.253. The van der Waals surface area contributed by atoms with Crippen LogP contribution in [-0.2, 0) is 6.54 Å². The zero-order chi connectivity index (χ0) is 13.5. The summed E-state index contributed by atoms with van der Waals surface area (Å²) in [6.07, 6.45) is -1.27. The summed E-state index contributed by atoms with van der Waals surface area (Å²) in [5.41, 5.74) is 1.88. The molecule has 102 valence electrons. The fourth-order valence-electron chi connectivity index (χ4n) is 1.75. The van der Waals surface area contributed by atoms with E-state index in [0.29, 0.717) is 6.54 Å². The smallest absolute Gasteiger partial charge is 0.255 e. The van der Waals surface area contributed by atoms with Gasteiger partial charge in [0, 0.05) is 23.8 Å². The number of hydrogen-bond acceptors (Lipinski definition) is 2. The lowest BCUT2D eigenvalue weighted by Gasteiger charge is -2.22. The standard InChI is InChI=1S/C13H19BrF2N2/c1-3-6-17-8-10-4-5-11(14)7-12(10)18(2)9-13(15)16/h4-5,7,13,17H,3,6,8-9H2,1-2H3. The summed E-state index contributed by atoms with van der Waals surface area (Å²) in [7, 11) is 1.69. The molecule has 0 spiro atoms. The van der Waals surface area contributed by atoms with Crippen LogP contribution in [-0.4, -0.2) is 26.6 Å². The first-order valence-electron chi connectivity index (χ1n) is 6.03. The summed E-state index contributed by atoms with van der Waals surface area (Å²) in [6.45, 7) is 3.47. The predicted molar refractivity (Wildman–Crippen MR) is 75.4 cm³/mol. The van der Waals surface area contributed by atoms with Gasteiger partial charge in [-0.15, -0.1) is 0 Å². The van der Waals surface area contributed by atoms with Crippen molar-refractivity contribution in [1.29, 1.82) is 0 Å². The van der Waals surface area contributed by atoms with E-state index in [-0.39, 0.29) is 6.54 Å². The summed E-state index contributed by atoms with van der Waals surface area (Å²) >= 11 is 3.38. The summed E-state index contributed by atoms with van der Waals surface area (Å²) in [5.74, 6) is 0. The van der Waals surface area contributed by atoms with Gasteiger partial charge in [0.15, 0.2) is 0 Å². The average Bonchev–Trinajstić information content (AvgIpc) is 2.30. The fraction of sp³-hybridized carbons (Fsp3) is 0.538. The van der Waals surface area contributed by atoms with E-state index >= 15 is 0 Å². The molecule has 0 amide bonds. The van der Waals surface area contributed by atoms with Crippen LogP contribution in [0, 0.1) is 0 Å². The van der Waals surface area contributed by atoms with Crippen LogP contribution in [0.5, 0.6) is 0 Å². The lowest BCUT2D eigenvalue weighted by molar-refractivity contribution is 0.156. The first-order chi connectivity index (χ1) is 8.54. The Balaban J connectivity index is 2.81. The quantitative estimate of drug-likeness (QED) is 0.771. The molecule has 1 N–H and O–H groups in total. The summed E-state index contributed by atoms with van der Waals surface area (Å²) < 4.78 is 25.8. The Morgan fingerprint density at radius 3 is 2.72 bits per heavy atom. The van der Waals surface area contributed by atoms with Crippen LogP contribution < -0.4 is 10.2 Å². The second-order valence-corrected chi connectivity index (χ2v) is 5.14.